The molecule has 0 fully saturated rings. The number of aryl methyl sites for hydroxylation is 1. The van der Waals surface area contributed by atoms with Gasteiger partial charge in [-0.1, -0.05) is 11.6 Å². The minimum absolute atomic E-state index is 0.00732. The van der Waals surface area contributed by atoms with Gasteiger partial charge in [0, 0.05) is 19.7 Å². The van der Waals surface area contributed by atoms with E-state index < -0.39 is 5.91 Å². The highest BCUT2D eigenvalue weighted by Crippen LogP contribution is 2.24. The second kappa shape index (κ2) is 5.92. The zero-order valence-corrected chi connectivity index (χ0v) is 12.5. The number of anilines is 1. The number of rotatable bonds is 3. The van der Waals surface area contributed by atoms with Gasteiger partial charge in [-0.3, -0.25) is 14.7 Å². The van der Waals surface area contributed by atoms with Crippen LogP contribution in [0.1, 0.15) is 26.8 Å². The lowest BCUT2D eigenvalue weighted by atomic mass is 10.2. The number of carbonyl (C=O) groups is 2. The SMILES string of the molecule is Cc1nc(C(=O)Nc2cc(C(=O)N(C)C)ccc2Cl)n[nH]1. The van der Waals surface area contributed by atoms with Gasteiger partial charge < -0.3 is 10.2 Å². The van der Waals surface area contributed by atoms with Gasteiger partial charge in [0.05, 0.1) is 10.7 Å². The molecule has 21 heavy (non-hydrogen) atoms. The number of aromatic nitrogens is 3. The summed E-state index contributed by atoms with van der Waals surface area (Å²) in [6, 6.07) is 4.66. The molecule has 0 bridgehead atoms. The summed E-state index contributed by atoms with van der Waals surface area (Å²) < 4.78 is 0. The standard InChI is InChI=1S/C13H14ClN5O2/c1-7-15-11(18-17-7)12(20)16-10-6-8(4-5-9(10)14)13(21)19(2)3/h4-6H,1-3H3,(H,16,20)(H,15,17,18). The van der Waals surface area contributed by atoms with E-state index in [4.69, 9.17) is 11.6 Å². The number of nitrogens with zero attached hydrogens (tertiary/aromatic N) is 3. The number of hydrogen-bond donors (Lipinski definition) is 2. The molecule has 0 spiro atoms. The highest BCUT2D eigenvalue weighted by Gasteiger charge is 2.15. The van der Waals surface area contributed by atoms with E-state index in [9.17, 15) is 9.59 Å². The van der Waals surface area contributed by atoms with Gasteiger partial charge >= 0.3 is 0 Å². The lowest BCUT2D eigenvalue weighted by Gasteiger charge is -2.12. The fourth-order valence-electron chi connectivity index (χ4n) is 1.63. The quantitative estimate of drug-likeness (QED) is 0.903. The largest absolute Gasteiger partial charge is 0.345 e. The molecule has 110 valence electrons. The van der Waals surface area contributed by atoms with E-state index in [0.717, 1.165) is 0 Å². The summed E-state index contributed by atoms with van der Waals surface area (Å²) in [6.45, 7) is 1.69. The average Bonchev–Trinajstić information content (AvgIpc) is 2.87. The van der Waals surface area contributed by atoms with Gasteiger partial charge in [0.15, 0.2) is 0 Å². The Kier molecular flexibility index (Phi) is 4.23. The van der Waals surface area contributed by atoms with E-state index in [1.54, 1.807) is 33.2 Å². The van der Waals surface area contributed by atoms with Gasteiger partial charge in [-0.25, -0.2) is 4.98 Å². The van der Waals surface area contributed by atoms with E-state index in [-0.39, 0.29) is 11.7 Å². The number of halogens is 1. The van der Waals surface area contributed by atoms with Crippen molar-refractivity contribution >= 4 is 29.1 Å². The molecule has 0 aliphatic heterocycles. The Morgan fingerprint density at radius 2 is 2.05 bits per heavy atom. The maximum absolute atomic E-state index is 12.0. The lowest BCUT2D eigenvalue weighted by molar-refractivity contribution is 0.0827. The maximum Gasteiger partial charge on any atom is 0.295 e. The molecule has 0 saturated heterocycles. The van der Waals surface area contributed by atoms with Crippen molar-refractivity contribution in [1.82, 2.24) is 20.1 Å². The molecule has 1 aromatic carbocycles. The van der Waals surface area contributed by atoms with Crippen molar-refractivity contribution in [2.75, 3.05) is 19.4 Å². The topological polar surface area (TPSA) is 91.0 Å². The van der Waals surface area contributed by atoms with Gasteiger partial charge in [0.25, 0.3) is 11.8 Å². The predicted octanol–water partition coefficient (Wildman–Crippen LogP) is 1.72. The summed E-state index contributed by atoms with van der Waals surface area (Å²) in [4.78, 5) is 29.3. The minimum atomic E-state index is -0.504. The van der Waals surface area contributed by atoms with Crippen LogP contribution in [0.4, 0.5) is 5.69 Å². The molecule has 2 aromatic rings. The van der Waals surface area contributed by atoms with E-state index in [1.807, 2.05) is 0 Å². The monoisotopic (exact) mass is 307 g/mol. The van der Waals surface area contributed by atoms with Gasteiger partial charge in [-0.15, -0.1) is 5.10 Å². The second-order valence-electron chi connectivity index (χ2n) is 4.59. The Morgan fingerprint density at radius 3 is 2.62 bits per heavy atom. The number of carbonyl (C=O) groups excluding carboxylic acids is 2. The molecule has 1 heterocycles. The summed E-state index contributed by atoms with van der Waals surface area (Å²) >= 11 is 6.03. The molecule has 2 rings (SSSR count). The zero-order valence-electron chi connectivity index (χ0n) is 11.8. The molecular formula is C13H14ClN5O2. The Hall–Kier alpha value is -2.41. The Bertz CT molecular complexity index is 696. The average molecular weight is 308 g/mol. The van der Waals surface area contributed by atoms with Crippen LogP contribution in [0.2, 0.25) is 5.02 Å². The molecule has 0 aliphatic rings. The molecule has 7 nitrogen and oxygen atoms in total. The number of aromatic amines is 1. The molecule has 2 N–H and O–H groups in total. The van der Waals surface area contributed by atoms with Gasteiger partial charge in [0.2, 0.25) is 5.82 Å². The smallest absolute Gasteiger partial charge is 0.295 e. The van der Waals surface area contributed by atoms with Crippen LogP contribution in [-0.4, -0.2) is 46.0 Å². The normalized spacial score (nSPS) is 10.3. The molecule has 0 aliphatic carbocycles. The van der Waals surface area contributed by atoms with Crippen LogP contribution in [0.25, 0.3) is 0 Å². The maximum atomic E-state index is 12.0. The number of benzene rings is 1. The number of H-pyrrole nitrogens is 1. The van der Waals surface area contributed by atoms with Crippen LogP contribution in [0.15, 0.2) is 18.2 Å². The van der Waals surface area contributed by atoms with E-state index in [1.165, 1.54) is 11.0 Å². The number of hydrogen-bond acceptors (Lipinski definition) is 4. The molecule has 0 unspecified atom stereocenters. The third-order valence-electron chi connectivity index (χ3n) is 2.67. The van der Waals surface area contributed by atoms with Crippen LogP contribution in [0, 0.1) is 6.92 Å². The first kappa shape index (κ1) is 15.0. The minimum Gasteiger partial charge on any atom is -0.345 e. The molecule has 2 amide bonds. The Morgan fingerprint density at radius 1 is 1.33 bits per heavy atom. The highest BCUT2D eigenvalue weighted by atomic mass is 35.5. The summed E-state index contributed by atoms with van der Waals surface area (Å²) in [7, 11) is 3.29. The molecule has 0 radical (unpaired) electrons. The van der Waals surface area contributed by atoms with Crippen molar-refractivity contribution in [2.45, 2.75) is 6.92 Å². The van der Waals surface area contributed by atoms with Crippen molar-refractivity contribution < 1.29 is 9.59 Å². The summed E-state index contributed by atoms with van der Waals surface area (Å²) in [5, 5.41) is 9.25. The van der Waals surface area contributed by atoms with Gasteiger partial charge in [-0.05, 0) is 25.1 Å². The van der Waals surface area contributed by atoms with Crippen molar-refractivity contribution in [1.29, 1.82) is 0 Å². The third kappa shape index (κ3) is 3.38. The van der Waals surface area contributed by atoms with E-state index >= 15 is 0 Å². The summed E-state index contributed by atoms with van der Waals surface area (Å²) in [5.74, 6) is -0.151. The van der Waals surface area contributed by atoms with Gasteiger partial charge in [-0.2, -0.15) is 0 Å². The first-order chi connectivity index (χ1) is 9.88. The fraction of sp³-hybridized carbons (Fsp3) is 0.231. The van der Waals surface area contributed by atoms with Crippen LogP contribution in [0.3, 0.4) is 0 Å². The first-order valence-corrected chi connectivity index (χ1v) is 6.48. The number of amides is 2. The second-order valence-corrected chi connectivity index (χ2v) is 5.00. The summed E-state index contributed by atoms with van der Waals surface area (Å²) in [6.07, 6.45) is 0. The molecule has 0 saturated carbocycles. The third-order valence-corrected chi connectivity index (χ3v) is 3.00. The first-order valence-electron chi connectivity index (χ1n) is 6.10. The van der Waals surface area contributed by atoms with Gasteiger partial charge in [0.1, 0.15) is 5.82 Å². The summed E-state index contributed by atoms with van der Waals surface area (Å²) in [5.41, 5.74) is 0.752. The predicted molar refractivity (Wildman–Crippen MR) is 78.5 cm³/mol. The van der Waals surface area contributed by atoms with Crippen molar-refractivity contribution in [3.05, 3.63) is 40.4 Å². The van der Waals surface area contributed by atoms with Crippen LogP contribution >= 0.6 is 11.6 Å². The zero-order chi connectivity index (χ0) is 15.6. The lowest BCUT2D eigenvalue weighted by Crippen LogP contribution is -2.22. The molecule has 8 heteroatoms. The van der Waals surface area contributed by atoms with Crippen LogP contribution in [-0.2, 0) is 0 Å². The van der Waals surface area contributed by atoms with Crippen LogP contribution in [0.5, 0.6) is 0 Å². The van der Waals surface area contributed by atoms with E-state index in [2.05, 4.69) is 20.5 Å². The van der Waals surface area contributed by atoms with Crippen LogP contribution < -0.4 is 5.32 Å². The van der Waals surface area contributed by atoms with E-state index in [0.29, 0.717) is 22.1 Å². The van der Waals surface area contributed by atoms with Crippen molar-refractivity contribution in [3.8, 4) is 0 Å². The van der Waals surface area contributed by atoms with Crippen molar-refractivity contribution in [3.63, 3.8) is 0 Å². The van der Waals surface area contributed by atoms with Crippen molar-refractivity contribution in [2.24, 2.45) is 0 Å². The fourth-order valence-corrected chi connectivity index (χ4v) is 1.80. The highest BCUT2D eigenvalue weighted by molar-refractivity contribution is 6.34. The molecule has 0 atom stereocenters. The Balaban J connectivity index is 2.25. The molecule has 1 aromatic heterocycles. The number of nitrogens with one attached hydrogen (secondary N) is 2. The molecular weight excluding hydrogens is 294 g/mol. The Labute approximate surface area is 126 Å².